The van der Waals surface area contributed by atoms with Crippen LogP contribution in [-0.4, -0.2) is 23.1 Å². The van der Waals surface area contributed by atoms with Crippen LogP contribution in [0.5, 0.6) is 0 Å². The van der Waals surface area contributed by atoms with E-state index in [-0.39, 0.29) is 5.82 Å². The van der Waals surface area contributed by atoms with Gasteiger partial charge in [-0.25, -0.2) is 4.39 Å². The highest BCUT2D eigenvalue weighted by molar-refractivity contribution is 9.10. The molecule has 88 valence electrons. The van der Waals surface area contributed by atoms with Crippen LogP contribution in [0.15, 0.2) is 22.7 Å². The summed E-state index contributed by atoms with van der Waals surface area (Å²) in [6, 6.07) is 4.47. The lowest BCUT2D eigenvalue weighted by Crippen LogP contribution is -2.34. The topological polar surface area (TPSA) is 15.3 Å². The Morgan fingerprint density at radius 2 is 2.06 bits per heavy atom. The zero-order chi connectivity index (χ0) is 12.1. The number of nitrogens with one attached hydrogen (secondary N) is 1. The third-order valence-corrected chi connectivity index (χ3v) is 3.24. The summed E-state index contributed by atoms with van der Waals surface area (Å²) >= 11 is 8.54. The molecule has 0 amide bonds. The fourth-order valence-electron chi connectivity index (χ4n) is 1.30. The van der Waals surface area contributed by atoms with Crippen molar-refractivity contribution < 1.29 is 4.39 Å². The second-order valence-corrected chi connectivity index (χ2v) is 4.47. The Labute approximate surface area is 109 Å². The molecule has 0 saturated carbocycles. The first-order chi connectivity index (χ1) is 7.58. The molecule has 0 saturated heterocycles. The first-order valence-electron chi connectivity index (χ1n) is 5.09. The molecule has 2 nitrogen and oxygen atoms in total. The van der Waals surface area contributed by atoms with Crippen molar-refractivity contribution in [2.75, 3.05) is 18.4 Å². The molecule has 1 N–H and O–H groups in total. The van der Waals surface area contributed by atoms with E-state index in [0.717, 1.165) is 18.8 Å². The molecule has 1 rings (SSSR count). The van der Waals surface area contributed by atoms with Crippen molar-refractivity contribution in [1.82, 2.24) is 4.90 Å². The van der Waals surface area contributed by atoms with Crippen LogP contribution >= 0.6 is 28.1 Å². The Morgan fingerprint density at radius 1 is 1.44 bits per heavy atom. The van der Waals surface area contributed by atoms with E-state index in [1.165, 1.54) is 12.1 Å². The number of hydrogen-bond donors (Lipinski definition) is 1. The maximum Gasteiger partial charge on any atom is 0.173 e. The molecule has 0 unspecified atom stereocenters. The van der Waals surface area contributed by atoms with Gasteiger partial charge in [0.1, 0.15) is 5.82 Å². The molecule has 1 aromatic rings. The minimum absolute atomic E-state index is 0.272. The number of anilines is 1. The molecule has 0 fully saturated rings. The molecule has 16 heavy (non-hydrogen) atoms. The molecule has 0 spiro atoms. The van der Waals surface area contributed by atoms with Gasteiger partial charge in [-0.1, -0.05) is 0 Å². The van der Waals surface area contributed by atoms with Gasteiger partial charge in [0.25, 0.3) is 0 Å². The van der Waals surface area contributed by atoms with Crippen LogP contribution in [0.4, 0.5) is 10.1 Å². The van der Waals surface area contributed by atoms with Crippen LogP contribution in [0.1, 0.15) is 13.8 Å². The molecule has 0 bridgehead atoms. The summed E-state index contributed by atoms with van der Waals surface area (Å²) in [4.78, 5) is 2.02. The molecule has 0 aromatic heterocycles. The Morgan fingerprint density at radius 3 is 2.56 bits per heavy atom. The quantitative estimate of drug-likeness (QED) is 0.859. The van der Waals surface area contributed by atoms with Gasteiger partial charge in [-0.15, -0.1) is 0 Å². The van der Waals surface area contributed by atoms with Crippen LogP contribution in [0, 0.1) is 5.82 Å². The molecule has 5 heteroatoms. The zero-order valence-corrected chi connectivity index (χ0v) is 11.7. The van der Waals surface area contributed by atoms with Gasteiger partial charge in [0.05, 0.1) is 5.69 Å². The van der Waals surface area contributed by atoms with Gasteiger partial charge < -0.3 is 10.2 Å². The van der Waals surface area contributed by atoms with Crippen molar-refractivity contribution in [1.29, 1.82) is 0 Å². The van der Waals surface area contributed by atoms with Crippen LogP contribution in [-0.2, 0) is 0 Å². The fraction of sp³-hybridized carbons (Fsp3) is 0.364. The highest BCUT2D eigenvalue weighted by Crippen LogP contribution is 2.23. The van der Waals surface area contributed by atoms with Gasteiger partial charge in [0.2, 0.25) is 0 Å². The van der Waals surface area contributed by atoms with Crippen molar-refractivity contribution >= 4 is 38.9 Å². The maximum absolute atomic E-state index is 12.9. The first kappa shape index (κ1) is 13.4. The van der Waals surface area contributed by atoms with Crippen LogP contribution < -0.4 is 5.32 Å². The van der Waals surface area contributed by atoms with Crippen LogP contribution in [0.25, 0.3) is 0 Å². The number of benzene rings is 1. The van der Waals surface area contributed by atoms with Gasteiger partial charge in [-0.05, 0) is 60.2 Å². The minimum atomic E-state index is -0.272. The second kappa shape index (κ2) is 6.15. The van der Waals surface area contributed by atoms with Crippen molar-refractivity contribution in [3.05, 3.63) is 28.5 Å². The lowest BCUT2D eigenvalue weighted by Gasteiger charge is -2.22. The van der Waals surface area contributed by atoms with Crippen molar-refractivity contribution in [3.63, 3.8) is 0 Å². The molecular formula is C11H14BrFN2S. The monoisotopic (exact) mass is 304 g/mol. The van der Waals surface area contributed by atoms with E-state index in [9.17, 15) is 4.39 Å². The molecule has 0 aliphatic heterocycles. The van der Waals surface area contributed by atoms with Crippen LogP contribution in [0.3, 0.4) is 0 Å². The Kier molecular flexibility index (Phi) is 5.15. The van der Waals surface area contributed by atoms with Crippen molar-refractivity contribution in [2.24, 2.45) is 0 Å². The molecule has 0 heterocycles. The number of rotatable bonds is 3. The molecular weight excluding hydrogens is 291 g/mol. The maximum atomic E-state index is 12.9. The Balaban J connectivity index is 2.76. The van der Waals surface area contributed by atoms with Crippen molar-refractivity contribution in [3.8, 4) is 0 Å². The molecule has 0 aliphatic rings. The van der Waals surface area contributed by atoms with E-state index in [1.54, 1.807) is 6.07 Å². The summed E-state index contributed by atoms with van der Waals surface area (Å²) in [5, 5.41) is 3.73. The lowest BCUT2D eigenvalue weighted by molar-refractivity contribution is 0.473. The smallest absolute Gasteiger partial charge is 0.173 e. The van der Waals surface area contributed by atoms with Gasteiger partial charge >= 0.3 is 0 Å². The predicted molar refractivity (Wildman–Crippen MR) is 73.2 cm³/mol. The molecule has 0 atom stereocenters. The average Bonchev–Trinajstić information content (AvgIpc) is 2.24. The number of thiocarbonyl (C=S) groups is 1. The standard InChI is InChI=1S/C11H14BrFN2S/c1-3-15(4-2)11(16)14-10-6-5-8(13)7-9(10)12/h5-7H,3-4H2,1-2H3,(H,14,16). The van der Waals surface area contributed by atoms with Gasteiger partial charge in [-0.2, -0.15) is 0 Å². The third-order valence-electron chi connectivity index (χ3n) is 2.22. The Hall–Kier alpha value is -0.680. The number of nitrogens with zero attached hydrogens (tertiary/aromatic N) is 1. The summed E-state index contributed by atoms with van der Waals surface area (Å²) in [6.07, 6.45) is 0. The van der Waals surface area contributed by atoms with E-state index in [2.05, 4.69) is 21.2 Å². The summed E-state index contributed by atoms with van der Waals surface area (Å²) in [5.74, 6) is -0.272. The minimum Gasteiger partial charge on any atom is -0.350 e. The highest BCUT2D eigenvalue weighted by atomic mass is 79.9. The van der Waals surface area contributed by atoms with E-state index in [1.807, 2.05) is 18.7 Å². The van der Waals surface area contributed by atoms with Crippen LogP contribution in [0.2, 0.25) is 0 Å². The lowest BCUT2D eigenvalue weighted by atomic mass is 10.3. The molecule has 1 aromatic carbocycles. The van der Waals surface area contributed by atoms with Crippen molar-refractivity contribution in [2.45, 2.75) is 13.8 Å². The van der Waals surface area contributed by atoms with Gasteiger partial charge in [0.15, 0.2) is 5.11 Å². The second-order valence-electron chi connectivity index (χ2n) is 3.23. The molecule has 0 radical (unpaired) electrons. The van der Waals surface area contributed by atoms with E-state index >= 15 is 0 Å². The third kappa shape index (κ3) is 3.42. The summed E-state index contributed by atoms with van der Waals surface area (Å²) in [7, 11) is 0. The SMILES string of the molecule is CCN(CC)C(=S)Nc1ccc(F)cc1Br. The Bertz CT molecular complexity index is 380. The summed E-state index contributed by atoms with van der Waals surface area (Å²) in [6.45, 7) is 5.77. The van der Waals surface area contributed by atoms with E-state index in [4.69, 9.17) is 12.2 Å². The number of hydrogen-bond acceptors (Lipinski definition) is 1. The van der Waals surface area contributed by atoms with E-state index in [0.29, 0.717) is 9.59 Å². The van der Waals surface area contributed by atoms with Gasteiger partial charge in [0, 0.05) is 17.6 Å². The fourth-order valence-corrected chi connectivity index (χ4v) is 2.11. The number of halogens is 2. The predicted octanol–water partition coefficient (Wildman–Crippen LogP) is 3.63. The average molecular weight is 305 g/mol. The van der Waals surface area contributed by atoms with E-state index < -0.39 is 0 Å². The highest BCUT2D eigenvalue weighted by Gasteiger charge is 2.07. The normalized spacial score (nSPS) is 10.0. The molecule has 0 aliphatic carbocycles. The summed E-state index contributed by atoms with van der Waals surface area (Å²) < 4.78 is 13.5. The largest absolute Gasteiger partial charge is 0.350 e. The first-order valence-corrected chi connectivity index (χ1v) is 6.29. The summed E-state index contributed by atoms with van der Waals surface area (Å²) in [5.41, 5.74) is 0.776. The zero-order valence-electron chi connectivity index (χ0n) is 9.26. The van der Waals surface area contributed by atoms with Gasteiger partial charge in [-0.3, -0.25) is 0 Å².